The van der Waals surface area contributed by atoms with Gasteiger partial charge in [0.1, 0.15) is 0 Å². The summed E-state index contributed by atoms with van der Waals surface area (Å²) in [5.74, 6) is 0. The standard InChI is InChI=1S/3C6H13O2.Bi/c3*1-2-3-5-8-6-4-7;/h3*2-6H2,1H3;/q3*-1;+3. The van der Waals surface area contributed by atoms with Crippen molar-refractivity contribution in [2.45, 2.75) is 59.3 Å². The fraction of sp³-hybridized carbons (Fsp3) is 1.00. The molecule has 0 aromatic carbocycles. The fourth-order valence-corrected chi connectivity index (χ4v) is 5.15. The molecule has 25 heavy (non-hydrogen) atoms. The Hall–Kier alpha value is 0.643. The molecule has 0 bridgehead atoms. The minimum atomic E-state index is -2.83. The molecule has 0 spiro atoms. The Bertz CT molecular complexity index is 208. The molecular weight excluding hydrogens is 521 g/mol. The molecule has 0 fully saturated rings. The second-order valence-electron chi connectivity index (χ2n) is 5.62. The first-order valence-electron chi connectivity index (χ1n) is 9.77. The average molecular weight is 560 g/mol. The second kappa shape index (κ2) is 22.7. The van der Waals surface area contributed by atoms with Gasteiger partial charge in [-0.3, -0.25) is 0 Å². The molecule has 152 valence electrons. The molecule has 7 heteroatoms. The summed E-state index contributed by atoms with van der Waals surface area (Å²) in [6.07, 6.45) is 6.69. The molecule has 0 N–H and O–H groups in total. The summed E-state index contributed by atoms with van der Waals surface area (Å²) >= 11 is -2.83. The zero-order chi connectivity index (χ0) is 18.4. The topological polar surface area (TPSA) is 55.4 Å². The molecule has 0 radical (unpaired) electrons. The van der Waals surface area contributed by atoms with Gasteiger partial charge in [-0.15, -0.1) is 0 Å². The van der Waals surface area contributed by atoms with Crippen LogP contribution in [0.25, 0.3) is 0 Å². The number of unbranched alkanes of at least 4 members (excludes halogenated alkanes) is 3. The van der Waals surface area contributed by atoms with Crippen molar-refractivity contribution >= 4 is 23.1 Å². The average Bonchev–Trinajstić information content (AvgIpc) is 2.63. The number of hydrogen-bond acceptors (Lipinski definition) is 6. The zero-order valence-corrected chi connectivity index (χ0v) is 20.0. The van der Waals surface area contributed by atoms with E-state index in [0.29, 0.717) is 39.6 Å². The molecule has 0 atom stereocenters. The van der Waals surface area contributed by atoms with Crippen molar-refractivity contribution in [2.24, 2.45) is 0 Å². The normalized spacial score (nSPS) is 11.5. The Balaban J connectivity index is 3.76. The summed E-state index contributed by atoms with van der Waals surface area (Å²) in [5.41, 5.74) is 0. The van der Waals surface area contributed by atoms with Crippen LogP contribution in [0.15, 0.2) is 0 Å². The number of ether oxygens (including phenoxy) is 3. The first-order valence-corrected chi connectivity index (χ1v) is 14.0. The van der Waals surface area contributed by atoms with Gasteiger partial charge in [-0.2, -0.15) is 0 Å². The predicted octanol–water partition coefficient (Wildman–Crippen LogP) is 3.47. The minimum absolute atomic E-state index is 0.537. The van der Waals surface area contributed by atoms with Crippen LogP contribution in [0.4, 0.5) is 0 Å². The monoisotopic (exact) mass is 560 g/mol. The molecule has 0 aromatic rings. The van der Waals surface area contributed by atoms with Crippen LogP contribution in [0.5, 0.6) is 0 Å². The third kappa shape index (κ3) is 20.8. The van der Waals surface area contributed by atoms with Gasteiger partial charge in [-0.05, 0) is 0 Å². The molecule has 0 heterocycles. The van der Waals surface area contributed by atoms with Crippen LogP contribution in [0.1, 0.15) is 59.3 Å². The van der Waals surface area contributed by atoms with Crippen molar-refractivity contribution in [3.8, 4) is 0 Å². The van der Waals surface area contributed by atoms with E-state index in [2.05, 4.69) is 20.8 Å². The van der Waals surface area contributed by atoms with Crippen LogP contribution < -0.4 is 0 Å². The van der Waals surface area contributed by atoms with E-state index in [-0.39, 0.29) is 0 Å². The van der Waals surface area contributed by atoms with Gasteiger partial charge in [0, 0.05) is 0 Å². The molecule has 6 nitrogen and oxygen atoms in total. The molecule has 0 aromatic heterocycles. The van der Waals surface area contributed by atoms with E-state index in [1.54, 1.807) is 0 Å². The predicted molar refractivity (Wildman–Crippen MR) is 101 cm³/mol. The van der Waals surface area contributed by atoms with Crippen molar-refractivity contribution in [3.63, 3.8) is 0 Å². The third-order valence-electron chi connectivity index (χ3n) is 3.20. The molecule has 0 aliphatic heterocycles. The van der Waals surface area contributed by atoms with Crippen LogP contribution in [0.3, 0.4) is 0 Å². The third-order valence-corrected chi connectivity index (χ3v) is 7.79. The summed E-state index contributed by atoms with van der Waals surface area (Å²) in [4.78, 5) is 0. The van der Waals surface area contributed by atoms with Crippen molar-refractivity contribution in [2.75, 3.05) is 59.5 Å². The zero-order valence-electron chi connectivity index (χ0n) is 16.5. The Kier molecular flexibility index (Phi) is 23.3. The van der Waals surface area contributed by atoms with Crippen LogP contribution in [0.2, 0.25) is 0 Å². The van der Waals surface area contributed by atoms with Crippen molar-refractivity contribution < 1.29 is 22.7 Å². The van der Waals surface area contributed by atoms with Crippen LogP contribution in [0, 0.1) is 0 Å². The Morgan fingerprint density at radius 1 is 0.440 bits per heavy atom. The molecule has 0 saturated carbocycles. The Labute approximate surface area is 164 Å². The van der Waals surface area contributed by atoms with E-state index < -0.39 is 23.1 Å². The maximum absolute atomic E-state index is 5.80. The molecule has 0 unspecified atom stereocenters. The van der Waals surface area contributed by atoms with E-state index >= 15 is 0 Å². The van der Waals surface area contributed by atoms with Gasteiger partial charge in [0.15, 0.2) is 0 Å². The van der Waals surface area contributed by atoms with Gasteiger partial charge in [0.25, 0.3) is 0 Å². The Morgan fingerprint density at radius 2 is 0.760 bits per heavy atom. The van der Waals surface area contributed by atoms with Gasteiger partial charge in [0.2, 0.25) is 0 Å². The molecule has 0 aliphatic rings. The molecule has 0 rings (SSSR count). The van der Waals surface area contributed by atoms with E-state index in [4.69, 9.17) is 22.7 Å². The second-order valence-corrected chi connectivity index (χ2v) is 10.4. The first kappa shape index (κ1) is 25.6. The molecule has 0 aliphatic carbocycles. The van der Waals surface area contributed by atoms with E-state index in [1.165, 1.54) is 0 Å². The van der Waals surface area contributed by atoms with Crippen molar-refractivity contribution in [1.82, 2.24) is 0 Å². The van der Waals surface area contributed by atoms with Crippen molar-refractivity contribution in [1.29, 1.82) is 0 Å². The van der Waals surface area contributed by atoms with Crippen molar-refractivity contribution in [3.05, 3.63) is 0 Å². The summed E-state index contributed by atoms with van der Waals surface area (Å²) in [6, 6.07) is 0. The molecular formula is C18H39BiO6. The van der Waals surface area contributed by atoms with E-state index in [9.17, 15) is 0 Å². The van der Waals surface area contributed by atoms with E-state index in [0.717, 1.165) is 58.3 Å². The molecule has 0 saturated heterocycles. The van der Waals surface area contributed by atoms with Crippen LogP contribution in [-0.2, 0) is 22.7 Å². The summed E-state index contributed by atoms with van der Waals surface area (Å²) in [5, 5.41) is 0. The first-order chi connectivity index (χ1) is 12.3. The van der Waals surface area contributed by atoms with Gasteiger partial charge in [-0.25, -0.2) is 0 Å². The summed E-state index contributed by atoms with van der Waals surface area (Å²) in [7, 11) is 0. The van der Waals surface area contributed by atoms with Crippen LogP contribution in [-0.4, -0.2) is 82.5 Å². The Morgan fingerprint density at radius 3 is 1.04 bits per heavy atom. The fourth-order valence-electron chi connectivity index (χ4n) is 1.67. The van der Waals surface area contributed by atoms with Crippen LogP contribution >= 0.6 is 0 Å². The van der Waals surface area contributed by atoms with E-state index in [1.807, 2.05) is 0 Å². The quantitative estimate of drug-likeness (QED) is 0.158. The maximum atomic E-state index is 5.80. The van der Waals surface area contributed by atoms with Gasteiger partial charge in [-0.1, -0.05) is 0 Å². The van der Waals surface area contributed by atoms with Gasteiger partial charge in [0.05, 0.1) is 0 Å². The summed E-state index contributed by atoms with van der Waals surface area (Å²) in [6.45, 7) is 12.2. The number of hydrogen-bond donors (Lipinski definition) is 0. The van der Waals surface area contributed by atoms with Gasteiger partial charge < -0.3 is 0 Å². The van der Waals surface area contributed by atoms with Gasteiger partial charge >= 0.3 is 164 Å². The molecule has 0 amide bonds. The number of rotatable bonds is 21. The SMILES string of the molecule is CCCCOCC[O][Bi]([O]CCOCCCC)[O]CCOCCCC. The summed E-state index contributed by atoms with van der Waals surface area (Å²) < 4.78 is 33.9.